The van der Waals surface area contributed by atoms with E-state index in [2.05, 4.69) is 14.4 Å². The molecule has 1 N–H and O–H groups in total. The van der Waals surface area contributed by atoms with E-state index >= 15 is 0 Å². The Kier molecular flexibility index (Phi) is 3.92. The summed E-state index contributed by atoms with van der Waals surface area (Å²) < 4.78 is 8.71. The minimum Gasteiger partial charge on any atom is -0.331 e. The number of rotatable bonds is 3. The van der Waals surface area contributed by atoms with Crippen LogP contribution in [0.5, 0.6) is 0 Å². The number of methoxy groups -OCH3 is 2. The van der Waals surface area contributed by atoms with Crippen LogP contribution in [0.25, 0.3) is 0 Å². The molecule has 0 aliphatic carbocycles. The van der Waals surface area contributed by atoms with Crippen molar-refractivity contribution >= 4 is 0 Å². The van der Waals surface area contributed by atoms with Gasteiger partial charge in [-0.15, -0.1) is 0 Å². The molecule has 44 valence electrons. The fraction of sp³-hybridized carbons (Fsp3) is 1.00. The predicted octanol–water partition coefficient (Wildman–Crippen LogP) is 0.0524. The van der Waals surface area contributed by atoms with Crippen molar-refractivity contribution in [3.8, 4) is 0 Å². The molecule has 0 amide bonds. The van der Waals surface area contributed by atoms with E-state index in [0.717, 1.165) is 0 Å². The Balaban J connectivity index is 2.99. The van der Waals surface area contributed by atoms with Crippen molar-refractivity contribution in [2.45, 2.75) is 6.48 Å². The second kappa shape index (κ2) is 4.01. The Morgan fingerprint density at radius 1 is 1.29 bits per heavy atom. The number of hydrogen-bond donors (Lipinski definition) is 1. The Morgan fingerprint density at radius 3 is 1.71 bits per heavy atom. The molecule has 0 heterocycles. The molecule has 0 atom stereocenters. The lowest BCUT2D eigenvalue weighted by Gasteiger charge is -2.06. The van der Waals surface area contributed by atoms with E-state index in [1.54, 1.807) is 0 Å². The maximum atomic E-state index is 7.78. The van der Waals surface area contributed by atoms with Gasteiger partial charge in [-0.3, -0.25) is 0 Å². The van der Waals surface area contributed by atoms with Gasteiger partial charge in [0.2, 0.25) is 0 Å². The van der Waals surface area contributed by atoms with Crippen molar-refractivity contribution < 1.29 is 19.6 Å². The van der Waals surface area contributed by atoms with Crippen LogP contribution in [0, 0.1) is 0 Å². The van der Waals surface area contributed by atoms with E-state index in [1.165, 1.54) is 14.2 Å². The van der Waals surface area contributed by atoms with Crippen molar-refractivity contribution in [2.75, 3.05) is 14.2 Å². The van der Waals surface area contributed by atoms with Gasteiger partial charge in [-0.25, -0.2) is 5.26 Å². The first-order valence-corrected chi connectivity index (χ1v) is 1.71. The topological polar surface area (TPSA) is 47.9 Å². The average Bonchev–Trinajstić information content (AvgIpc) is 1.72. The third kappa shape index (κ3) is 2.52. The highest BCUT2D eigenvalue weighted by Gasteiger charge is 1.99. The van der Waals surface area contributed by atoms with Crippen LogP contribution in [0.15, 0.2) is 0 Å². The molecule has 0 bridgehead atoms. The third-order valence-corrected chi connectivity index (χ3v) is 0.471. The molecule has 0 radical (unpaired) electrons. The largest absolute Gasteiger partial charge is 0.331 e. The zero-order chi connectivity index (χ0) is 5.70. The van der Waals surface area contributed by atoms with Crippen molar-refractivity contribution in [1.82, 2.24) is 0 Å². The molecular formula is C3H8O4. The summed E-state index contributed by atoms with van der Waals surface area (Å²) in [4.78, 5) is 3.60. The Labute approximate surface area is 41.5 Å². The maximum absolute atomic E-state index is 7.78. The van der Waals surface area contributed by atoms with Gasteiger partial charge in [0.25, 0.3) is 6.48 Å². The van der Waals surface area contributed by atoms with Crippen LogP contribution < -0.4 is 0 Å². The summed E-state index contributed by atoms with van der Waals surface area (Å²) in [7, 11) is 2.70. The van der Waals surface area contributed by atoms with E-state index in [4.69, 9.17) is 5.26 Å². The quantitative estimate of drug-likeness (QED) is 0.315. The van der Waals surface area contributed by atoms with Crippen molar-refractivity contribution in [3.05, 3.63) is 0 Å². The van der Waals surface area contributed by atoms with Gasteiger partial charge in [-0.05, 0) is 0 Å². The minimum absolute atomic E-state index is 0.958. The molecule has 0 aromatic rings. The van der Waals surface area contributed by atoms with Crippen LogP contribution in [0.4, 0.5) is 0 Å². The second-order valence-electron chi connectivity index (χ2n) is 0.865. The maximum Gasteiger partial charge on any atom is 0.300 e. The Morgan fingerprint density at radius 2 is 1.71 bits per heavy atom. The first kappa shape index (κ1) is 6.84. The summed E-state index contributed by atoms with van der Waals surface area (Å²) in [6.07, 6.45) is 0. The standard InChI is InChI=1S/C3H8O4/c1-5-3(6-2)7-4/h3-4H,1-2H3. The summed E-state index contributed by atoms with van der Waals surface area (Å²) in [6, 6.07) is 0. The normalized spacial score (nSPS) is 10.3. The van der Waals surface area contributed by atoms with Gasteiger partial charge in [0.05, 0.1) is 0 Å². The predicted molar refractivity (Wildman–Crippen MR) is 21.5 cm³/mol. The first-order chi connectivity index (χ1) is 3.35. The highest BCUT2D eigenvalue weighted by atomic mass is 17.2. The Bertz CT molecular complexity index is 28.4. The summed E-state index contributed by atoms with van der Waals surface area (Å²) in [5, 5.41) is 7.78. The van der Waals surface area contributed by atoms with E-state index in [-0.39, 0.29) is 0 Å². The average molecular weight is 108 g/mol. The molecule has 4 heteroatoms. The van der Waals surface area contributed by atoms with E-state index in [1.807, 2.05) is 0 Å². The summed E-state index contributed by atoms with van der Waals surface area (Å²) in [5.41, 5.74) is 0. The van der Waals surface area contributed by atoms with Crippen LogP contribution in [0.2, 0.25) is 0 Å². The summed E-state index contributed by atoms with van der Waals surface area (Å²) >= 11 is 0. The lowest BCUT2D eigenvalue weighted by atomic mass is 11.2. The van der Waals surface area contributed by atoms with Crippen LogP contribution in [-0.4, -0.2) is 26.0 Å². The smallest absolute Gasteiger partial charge is 0.300 e. The molecule has 0 spiro atoms. The van der Waals surface area contributed by atoms with Gasteiger partial charge < -0.3 is 9.47 Å². The van der Waals surface area contributed by atoms with Gasteiger partial charge in [0, 0.05) is 14.2 Å². The first-order valence-electron chi connectivity index (χ1n) is 1.71. The van der Waals surface area contributed by atoms with Crippen molar-refractivity contribution in [3.63, 3.8) is 0 Å². The molecule has 0 saturated heterocycles. The van der Waals surface area contributed by atoms with Crippen molar-refractivity contribution in [1.29, 1.82) is 0 Å². The highest BCUT2D eigenvalue weighted by molar-refractivity contribution is 4.04. The molecule has 0 aliphatic rings. The van der Waals surface area contributed by atoms with E-state index < -0.39 is 6.48 Å². The van der Waals surface area contributed by atoms with E-state index in [9.17, 15) is 0 Å². The fourth-order valence-corrected chi connectivity index (χ4v) is 0.182. The van der Waals surface area contributed by atoms with Gasteiger partial charge in [-0.1, -0.05) is 0 Å². The van der Waals surface area contributed by atoms with Crippen LogP contribution in [0.3, 0.4) is 0 Å². The lowest BCUT2D eigenvalue weighted by molar-refractivity contribution is -0.412. The number of hydrogen-bond acceptors (Lipinski definition) is 4. The molecule has 0 aromatic carbocycles. The summed E-state index contributed by atoms with van der Waals surface area (Å²) in [5.74, 6) is 0. The lowest BCUT2D eigenvalue weighted by Crippen LogP contribution is -2.14. The molecule has 0 unspecified atom stereocenters. The third-order valence-electron chi connectivity index (χ3n) is 0.471. The van der Waals surface area contributed by atoms with Crippen molar-refractivity contribution in [2.24, 2.45) is 0 Å². The monoisotopic (exact) mass is 108 g/mol. The highest BCUT2D eigenvalue weighted by Crippen LogP contribution is 1.86. The fourth-order valence-electron chi connectivity index (χ4n) is 0.182. The van der Waals surface area contributed by atoms with Gasteiger partial charge >= 0.3 is 0 Å². The van der Waals surface area contributed by atoms with Gasteiger partial charge in [0.1, 0.15) is 0 Å². The Hall–Kier alpha value is -0.160. The molecule has 0 fully saturated rings. The molecular weight excluding hydrogens is 100 g/mol. The SMILES string of the molecule is COC(OC)OO. The molecule has 7 heavy (non-hydrogen) atoms. The molecule has 0 saturated carbocycles. The summed E-state index contributed by atoms with van der Waals surface area (Å²) in [6.45, 7) is -0.958. The molecule has 0 aliphatic heterocycles. The zero-order valence-electron chi connectivity index (χ0n) is 4.25. The van der Waals surface area contributed by atoms with Gasteiger partial charge in [-0.2, -0.15) is 4.89 Å². The van der Waals surface area contributed by atoms with Crippen LogP contribution in [0.1, 0.15) is 0 Å². The van der Waals surface area contributed by atoms with Crippen LogP contribution in [-0.2, 0) is 14.4 Å². The van der Waals surface area contributed by atoms with Crippen LogP contribution >= 0.6 is 0 Å². The zero-order valence-corrected chi connectivity index (χ0v) is 4.25. The molecule has 0 rings (SSSR count). The molecule has 4 nitrogen and oxygen atoms in total. The molecule has 0 aromatic heterocycles. The van der Waals surface area contributed by atoms with Gasteiger partial charge in [0.15, 0.2) is 0 Å². The second-order valence-corrected chi connectivity index (χ2v) is 0.865. The number of ether oxygens (including phenoxy) is 2. The minimum atomic E-state index is -0.958. The van der Waals surface area contributed by atoms with E-state index in [0.29, 0.717) is 0 Å².